The highest BCUT2D eigenvalue weighted by molar-refractivity contribution is 5.70. The van der Waals surface area contributed by atoms with Crippen molar-refractivity contribution in [1.29, 1.82) is 0 Å². The Balaban J connectivity index is 1.94. The van der Waals surface area contributed by atoms with E-state index in [1.807, 2.05) is 11.5 Å². The van der Waals surface area contributed by atoms with E-state index in [2.05, 4.69) is 10.2 Å². The van der Waals surface area contributed by atoms with Gasteiger partial charge in [-0.3, -0.25) is 4.79 Å². The summed E-state index contributed by atoms with van der Waals surface area (Å²) in [5.41, 5.74) is -0.397. The van der Waals surface area contributed by atoms with Crippen LogP contribution >= 0.6 is 0 Å². The number of hydrogen-bond donors (Lipinski definition) is 1. The van der Waals surface area contributed by atoms with Gasteiger partial charge in [-0.15, -0.1) is 10.2 Å². The van der Waals surface area contributed by atoms with Crippen LogP contribution in [0.2, 0.25) is 0 Å². The van der Waals surface area contributed by atoms with E-state index < -0.39 is 11.6 Å². The van der Waals surface area contributed by atoms with Gasteiger partial charge in [0.1, 0.15) is 11.4 Å². The van der Waals surface area contributed by atoms with Crippen LogP contribution in [0.3, 0.4) is 0 Å². The summed E-state index contributed by atoms with van der Waals surface area (Å²) in [7, 11) is 0. The summed E-state index contributed by atoms with van der Waals surface area (Å²) < 4.78 is 7.73. The third-order valence-corrected chi connectivity index (χ3v) is 3.99. The quantitative estimate of drug-likeness (QED) is 0.846. The summed E-state index contributed by atoms with van der Waals surface area (Å²) in [5, 5.41) is 17.6. The van der Waals surface area contributed by atoms with Crippen LogP contribution in [-0.2, 0) is 28.1 Å². The van der Waals surface area contributed by atoms with E-state index in [1.165, 1.54) is 0 Å². The maximum atomic E-state index is 11.1. The number of nitrogens with zero attached hydrogens (tertiary/aromatic N) is 3. The third-order valence-electron chi connectivity index (χ3n) is 3.99. The Morgan fingerprint density at radius 3 is 3.06 bits per heavy atom. The van der Waals surface area contributed by atoms with Gasteiger partial charge in [-0.2, -0.15) is 0 Å². The van der Waals surface area contributed by atoms with E-state index in [0.29, 0.717) is 19.4 Å². The molecule has 2 unspecified atom stereocenters. The molecule has 98 valence electrons. The molecule has 3 heterocycles. The average molecular weight is 251 g/mol. The van der Waals surface area contributed by atoms with Crippen molar-refractivity contribution < 1.29 is 14.6 Å². The van der Waals surface area contributed by atoms with Gasteiger partial charge in [-0.1, -0.05) is 0 Å². The Labute approximate surface area is 105 Å². The summed E-state index contributed by atoms with van der Waals surface area (Å²) >= 11 is 0. The van der Waals surface area contributed by atoms with E-state index in [4.69, 9.17) is 9.84 Å². The van der Waals surface area contributed by atoms with Crippen LogP contribution in [0.1, 0.15) is 37.8 Å². The van der Waals surface area contributed by atoms with Crippen molar-refractivity contribution in [2.45, 2.75) is 44.8 Å². The minimum atomic E-state index is -0.738. The molecule has 18 heavy (non-hydrogen) atoms. The normalized spacial score (nSPS) is 31.3. The van der Waals surface area contributed by atoms with Crippen LogP contribution in [0.25, 0.3) is 0 Å². The molecule has 1 N–H and O–H groups in total. The Kier molecular flexibility index (Phi) is 2.62. The molecule has 1 saturated heterocycles. The smallest absolute Gasteiger partial charge is 0.308 e. The van der Waals surface area contributed by atoms with Crippen molar-refractivity contribution in [2.75, 3.05) is 6.61 Å². The minimum absolute atomic E-state index is 0.336. The number of carboxylic acid groups (broad SMARTS) is 1. The van der Waals surface area contributed by atoms with Crippen molar-refractivity contribution in [2.24, 2.45) is 5.92 Å². The molecule has 3 rings (SSSR count). The number of aliphatic carboxylic acids is 1. The Morgan fingerprint density at radius 2 is 2.39 bits per heavy atom. The van der Waals surface area contributed by atoms with E-state index in [-0.39, 0.29) is 5.92 Å². The molecule has 0 bridgehead atoms. The number of aromatic nitrogens is 3. The molecule has 0 spiro atoms. The van der Waals surface area contributed by atoms with Crippen LogP contribution in [-0.4, -0.2) is 32.4 Å². The standard InChI is InChI=1S/C12H17N3O3/c1-12(5-2-6-18-12)11-14-13-9-4-3-8(10(16)17)7-15(9)11/h8H,2-7H2,1H3,(H,16,17). The second kappa shape index (κ2) is 4.05. The molecule has 1 aromatic rings. The van der Waals surface area contributed by atoms with Gasteiger partial charge in [0.2, 0.25) is 0 Å². The zero-order chi connectivity index (χ0) is 12.8. The molecule has 0 aromatic carbocycles. The van der Waals surface area contributed by atoms with Crippen molar-refractivity contribution in [3.8, 4) is 0 Å². The molecule has 2 atom stereocenters. The van der Waals surface area contributed by atoms with Crippen LogP contribution in [0, 0.1) is 5.92 Å². The van der Waals surface area contributed by atoms with Crippen molar-refractivity contribution in [3.63, 3.8) is 0 Å². The van der Waals surface area contributed by atoms with Gasteiger partial charge < -0.3 is 14.4 Å². The van der Waals surface area contributed by atoms with Crippen LogP contribution < -0.4 is 0 Å². The topological polar surface area (TPSA) is 77.2 Å². The average Bonchev–Trinajstić information content (AvgIpc) is 2.94. The maximum Gasteiger partial charge on any atom is 0.308 e. The molecule has 6 nitrogen and oxygen atoms in total. The lowest BCUT2D eigenvalue weighted by atomic mass is 9.97. The molecule has 2 aliphatic heterocycles. The largest absolute Gasteiger partial charge is 0.481 e. The zero-order valence-corrected chi connectivity index (χ0v) is 10.4. The summed E-state index contributed by atoms with van der Waals surface area (Å²) in [6.45, 7) is 3.22. The maximum absolute atomic E-state index is 11.1. The van der Waals surface area contributed by atoms with Gasteiger partial charge in [0.05, 0.1) is 5.92 Å². The fraction of sp³-hybridized carbons (Fsp3) is 0.750. The molecule has 0 aliphatic carbocycles. The highest BCUT2D eigenvalue weighted by atomic mass is 16.5. The number of carbonyl (C=O) groups is 1. The lowest BCUT2D eigenvalue weighted by Crippen LogP contribution is -2.32. The van der Waals surface area contributed by atoms with E-state index in [1.54, 1.807) is 0 Å². The summed E-state index contributed by atoms with van der Waals surface area (Å²) in [5.74, 6) is 0.607. The number of hydrogen-bond acceptors (Lipinski definition) is 4. The van der Waals surface area contributed by atoms with Crippen molar-refractivity contribution in [1.82, 2.24) is 14.8 Å². The second-order valence-electron chi connectivity index (χ2n) is 5.31. The van der Waals surface area contributed by atoms with Gasteiger partial charge in [0.25, 0.3) is 0 Å². The van der Waals surface area contributed by atoms with Gasteiger partial charge in [-0.05, 0) is 26.2 Å². The first-order valence-corrected chi connectivity index (χ1v) is 6.39. The number of rotatable bonds is 2. The summed E-state index contributed by atoms with van der Waals surface area (Å²) in [6.07, 6.45) is 3.26. The lowest BCUT2D eigenvalue weighted by Gasteiger charge is -2.27. The molecule has 6 heteroatoms. The molecular weight excluding hydrogens is 234 g/mol. The number of fused-ring (bicyclic) bond motifs is 1. The zero-order valence-electron chi connectivity index (χ0n) is 10.4. The second-order valence-corrected chi connectivity index (χ2v) is 5.31. The lowest BCUT2D eigenvalue weighted by molar-refractivity contribution is -0.142. The van der Waals surface area contributed by atoms with Crippen LogP contribution in [0.5, 0.6) is 0 Å². The first-order valence-electron chi connectivity index (χ1n) is 6.39. The molecule has 0 radical (unpaired) electrons. The molecular formula is C12H17N3O3. The van der Waals surface area contributed by atoms with E-state index in [0.717, 1.165) is 31.1 Å². The van der Waals surface area contributed by atoms with Crippen LogP contribution in [0.4, 0.5) is 0 Å². The molecule has 1 aromatic heterocycles. The SMILES string of the molecule is CC1(c2nnc3n2CC(C(=O)O)CC3)CCCO1. The summed E-state index contributed by atoms with van der Waals surface area (Å²) in [4.78, 5) is 11.1. The summed E-state index contributed by atoms with van der Waals surface area (Å²) in [6, 6.07) is 0. The van der Waals surface area contributed by atoms with Gasteiger partial charge in [-0.25, -0.2) is 0 Å². The highest BCUT2D eigenvalue weighted by Crippen LogP contribution is 2.36. The first-order chi connectivity index (χ1) is 8.60. The predicted octanol–water partition coefficient (Wildman–Crippen LogP) is 0.951. The molecule has 1 fully saturated rings. The van der Waals surface area contributed by atoms with Crippen LogP contribution in [0.15, 0.2) is 0 Å². The molecule has 0 amide bonds. The number of ether oxygens (including phenoxy) is 1. The van der Waals surface area contributed by atoms with Gasteiger partial charge in [0, 0.05) is 19.6 Å². The van der Waals surface area contributed by atoms with Crippen molar-refractivity contribution in [3.05, 3.63) is 11.6 Å². The number of carboxylic acids is 1. The third kappa shape index (κ3) is 1.71. The Morgan fingerprint density at radius 1 is 1.56 bits per heavy atom. The molecule has 2 aliphatic rings. The van der Waals surface area contributed by atoms with Crippen molar-refractivity contribution >= 4 is 5.97 Å². The predicted molar refractivity (Wildman–Crippen MR) is 62.0 cm³/mol. The number of aryl methyl sites for hydroxylation is 1. The Bertz CT molecular complexity index is 477. The fourth-order valence-corrected chi connectivity index (χ4v) is 2.88. The van der Waals surface area contributed by atoms with E-state index in [9.17, 15) is 4.79 Å². The first kappa shape index (κ1) is 11.6. The molecule has 0 saturated carbocycles. The minimum Gasteiger partial charge on any atom is -0.481 e. The highest BCUT2D eigenvalue weighted by Gasteiger charge is 2.39. The fourth-order valence-electron chi connectivity index (χ4n) is 2.88. The van der Waals surface area contributed by atoms with E-state index >= 15 is 0 Å². The monoisotopic (exact) mass is 251 g/mol. The Hall–Kier alpha value is -1.43. The van der Waals surface area contributed by atoms with Gasteiger partial charge in [0.15, 0.2) is 5.82 Å². The van der Waals surface area contributed by atoms with Gasteiger partial charge >= 0.3 is 5.97 Å².